The van der Waals surface area contributed by atoms with Crippen molar-refractivity contribution in [3.05, 3.63) is 54.9 Å². The van der Waals surface area contributed by atoms with E-state index in [4.69, 9.17) is 5.11 Å². The van der Waals surface area contributed by atoms with Crippen LogP contribution in [0.5, 0.6) is 0 Å². The van der Waals surface area contributed by atoms with Gasteiger partial charge in [-0.25, -0.2) is 0 Å². The molecule has 0 bridgehead atoms. The molecular weight excluding hydrogens is 288 g/mol. The van der Waals surface area contributed by atoms with E-state index in [2.05, 4.69) is 39.9 Å². The number of aromatic nitrogens is 2. The Hall–Kier alpha value is -2.62. The molecule has 23 heavy (non-hydrogen) atoms. The van der Waals surface area contributed by atoms with E-state index in [1.807, 2.05) is 18.3 Å². The molecule has 0 amide bonds. The van der Waals surface area contributed by atoms with Crippen molar-refractivity contribution in [1.82, 2.24) is 9.55 Å². The Bertz CT molecular complexity index is 793. The third-order valence-corrected chi connectivity index (χ3v) is 4.04. The van der Waals surface area contributed by atoms with Gasteiger partial charge in [0.25, 0.3) is 0 Å². The summed E-state index contributed by atoms with van der Waals surface area (Å²) in [6.45, 7) is 0.886. The lowest BCUT2D eigenvalue weighted by molar-refractivity contribution is -0.137. The molecule has 0 radical (unpaired) electrons. The Morgan fingerprint density at radius 2 is 1.96 bits per heavy atom. The van der Waals surface area contributed by atoms with Crippen molar-refractivity contribution in [1.29, 1.82) is 0 Å². The van der Waals surface area contributed by atoms with Crippen molar-refractivity contribution in [2.45, 2.75) is 32.2 Å². The van der Waals surface area contributed by atoms with Crippen LogP contribution in [0.3, 0.4) is 0 Å². The number of rotatable bonds is 7. The zero-order chi connectivity index (χ0) is 16.1. The van der Waals surface area contributed by atoms with Gasteiger partial charge in [-0.2, -0.15) is 0 Å². The topological polar surface area (TPSA) is 55.1 Å². The summed E-state index contributed by atoms with van der Waals surface area (Å²) in [4.78, 5) is 14.8. The van der Waals surface area contributed by atoms with Gasteiger partial charge in [-0.05, 0) is 37.1 Å². The molecule has 0 aliphatic carbocycles. The number of unbranched alkanes of at least 4 members (excludes halogenated alkanes) is 2. The molecule has 4 heteroatoms. The lowest BCUT2D eigenvalue weighted by atomic mass is 10.2. The molecule has 1 N–H and O–H groups in total. The van der Waals surface area contributed by atoms with E-state index in [0.29, 0.717) is 0 Å². The van der Waals surface area contributed by atoms with E-state index in [0.717, 1.165) is 37.1 Å². The monoisotopic (exact) mass is 308 g/mol. The van der Waals surface area contributed by atoms with Crippen molar-refractivity contribution < 1.29 is 9.90 Å². The van der Waals surface area contributed by atoms with Crippen LogP contribution in [0.25, 0.3) is 22.2 Å². The number of aryl methyl sites for hydroxylation is 1. The number of hydrogen-bond donors (Lipinski definition) is 1. The molecule has 2 aromatic heterocycles. The van der Waals surface area contributed by atoms with Gasteiger partial charge in [0.2, 0.25) is 0 Å². The quantitative estimate of drug-likeness (QED) is 0.660. The van der Waals surface area contributed by atoms with Crippen LogP contribution in [0.15, 0.2) is 54.9 Å². The molecule has 0 aliphatic rings. The van der Waals surface area contributed by atoms with Crippen LogP contribution in [0.2, 0.25) is 0 Å². The highest BCUT2D eigenvalue weighted by Gasteiger charge is 2.10. The number of aliphatic carboxylic acids is 1. The van der Waals surface area contributed by atoms with Crippen molar-refractivity contribution in [3.63, 3.8) is 0 Å². The number of carboxylic acid groups (broad SMARTS) is 1. The van der Waals surface area contributed by atoms with Crippen LogP contribution in [-0.4, -0.2) is 20.6 Å². The van der Waals surface area contributed by atoms with Crippen molar-refractivity contribution >= 4 is 16.9 Å². The van der Waals surface area contributed by atoms with E-state index in [9.17, 15) is 4.79 Å². The Morgan fingerprint density at radius 3 is 2.74 bits per heavy atom. The molecule has 1 aromatic carbocycles. The number of carbonyl (C=O) groups is 1. The number of para-hydroxylation sites is 1. The van der Waals surface area contributed by atoms with Gasteiger partial charge in [-0.15, -0.1) is 0 Å². The van der Waals surface area contributed by atoms with Crippen LogP contribution < -0.4 is 0 Å². The summed E-state index contributed by atoms with van der Waals surface area (Å²) < 4.78 is 2.31. The summed E-state index contributed by atoms with van der Waals surface area (Å²) in [5.74, 6) is -0.715. The predicted octanol–water partition coefficient (Wildman–Crippen LogP) is 4.35. The molecule has 3 aromatic rings. The van der Waals surface area contributed by atoms with E-state index in [1.54, 1.807) is 6.20 Å². The number of benzene rings is 1. The Morgan fingerprint density at radius 1 is 1.09 bits per heavy atom. The molecule has 3 rings (SSSR count). The summed E-state index contributed by atoms with van der Waals surface area (Å²) in [5, 5.41) is 9.94. The summed E-state index contributed by atoms with van der Waals surface area (Å²) in [6.07, 6.45) is 6.54. The highest BCUT2D eigenvalue weighted by Crippen LogP contribution is 2.28. The van der Waals surface area contributed by atoms with E-state index in [-0.39, 0.29) is 6.42 Å². The highest BCUT2D eigenvalue weighted by molar-refractivity contribution is 5.86. The Kier molecular flexibility index (Phi) is 4.71. The maximum Gasteiger partial charge on any atom is 0.303 e. The lowest BCUT2D eigenvalue weighted by Crippen LogP contribution is -2.01. The predicted molar refractivity (Wildman–Crippen MR) is 91.3 cm³/mol. The fraction of sp³-hybridized carbons (Fsp3) is 0.263. The second-order valence-electron chi connectivity index (χ2n) is 5.69. The normalized spacial score (nSPS) is 11.0. The molecule has 0 unspecified atom stereocenters. The SMILES string of the molecule is O=C(O)CCCCCn1c(-c2cccnc2)cc2ccccc21. The highest BCUT2D eigenvalue weighted by atomic mass is 16.4. The van der Waals surface area contributed by atoms with Gasteiger partial charge < -0.3 is 9.67 Å². The molecule has 0 aliphatic heterocycles. The van der Waals surface area contributed by atoms with Crippen molar-refractivity contribution in [2.75, 3.05) is 0 Å². The van der Waals surface area contributed by atoms with Gasteiger partial charge in [0.15, 0.2) is 0 Å². The van der Waals surface area contributed by atoms with E-state index in [1.165, 1.54) is 10.9 Å². The molecule has 2 heterocycles. The molecule has 0 saturated heterocycles. The molecule has 0 atom stereocenters. The fourth-order valence-corrected chi connectivity index (χ4v) is 2.93. The summed E-state index contributed by atoms with van der Waals surface area (Å²) in [7, 11) is 0. The summed E-state index contributed by atoms with van der Waals surface area (Å²) in [5.41, 5.74) is 3.48. The van der Waals surface area contributed by atoms with Crippen LogP contribution in [0.4, 0.5) is 0 Å². The average molecular weight is 308 g/mol. The molecule has 0 spiro atoms. The first-order chi connectivity index (χ1) is 11.3. The van der Waals surface area contributed by atoms with Gasteiger partial charge in [0.1, 0.15) is 0 Å². The number of fused-ring (bicyclic) bond motifs is 1. The van der Waals surface area contributed by atoms with Gasteiger partial charge in [0, 0.05) is 41.8 Å². The first kappa shape index (κ1) is 15.3. The fourth-order valence-electron chi connectivity index (χ4n) is 2.93. The van der Waals surface area contributed by atoms with Crippen molar-refractivity contribution in [2.24, 2.45) is 0 Å². The number of nitrogens with zero attached hydrogens (tertiary/aromatic N) is 2. The second kappa shape index (κ2) is 7.09. The molecule has 4 nitrogen and oxygen atoms in total. The second-order valence-corrected chi connectivity index (χ2v) is 5.69. The molecule has 118 valence electrons. The minimum atomic E-state index is -0.715. The Labute approximate surface area is 135 Å². The number of pyridine rings is 1. The third-order valence-electron chi connectivity index (χ3n) is 4.04. The standard InChI is InChI=1S/C19H20N2O2/c22-19(23)10-2-1-5-12-21-17-9-4-3-7-15(17)13-18(21)16-8-6-11-20-14-16/h3-4,6-9,11,13-14H,1-2,5,10,12H2,(H,22,23). The summed E-state index contributed by atoms with van der Waals surface area (Å²) in [6, 6.07) is 14.6. The molecular formula is C19H20N2O2. The first-order valence-electron chi connectivity index (χ1n) is 7.96. The largest absolute Gasteiger partial charge is 0.481 e. The van der Waals surface area contributed by atoms with E-state index >= 15 is 0 Å². The summed E-state index contributed by atoms with van der Waals surface area (Å²) >= 11 is 0. The van der Waals surface area contributed by atoms with Crippen LogP contribution in [-0.2, 0) is 11.3 Å². The van der Waals surface area contributed by atoms with Crippen LogP contribution in [0, 0.1) is 0 Å². The zero-order valence-electron chi connectivity index (χ0n) is 13.0. The third kappa shape index (κ3) is 3.59. The van der Waals surface area contributed by atoms with Crippen molar-refractivity contribution in [3.8, 4) is 11.3 Å². The molecule has 0 saturated carbocycles. The van der Waals surface area contributed by atoms with Gasteiger partial charge >= 0.3 is 5.97 Å². The number of hydrogen-bond acceptors (Lipinski definition) is 2. The zero-order valence-corrected chi connectivity index (χ0v) is 13.0. The van der Waals surface area contributed by atoms with E-state index < -0.39 is 5.97 Å². The minimum absolute atomic E-state index is 0.252. The first-order valence-corrected chi connectivity index (χ1v) is 7.96. The van der Waals surface area contributed by atoms with Crippen LogP contribution >= 0.6 is 0 Å². The maximum absolute atomic E-state index is 10.6. The van der Waals surface area contributed by atoms with Crippen LogP contribution in [0.1, 0.15) is 25.7 Å². The maximum atomic E-state index is 10.6. The average Bonchev–Trinajstić information content (AvgIpc) is 2.94. The van der Waals surface area contributed by atoms with Gasteiger partial charge in [-0.3, -0.25) is 9.78 Å². The minimum Gasteiger partial charge on any atom is -0.481 e. The number of carboxylic acids is 1. The van der Waals surface area contributed by atoms with Gasteiger partial charge in [-0.1, -0.05) is 24.6 Å². The smallest absolute Gasteiger partial charge is 0.303 e. The van der Waals surface area contributed by atoms with Gasteiger partial charge in [0.05, 0.1) is 5.69 Å². The molecule has 0 fully saturated rings. The Balaban J connectivity index is 1.83. The lowest BCUT2D eigenvalue weighted by Gasteiger charge is -2.10.